The lowest BCUT2D eigenvalue weighted by molar-refractivity contribution is -0.306. The molecule has 2 atom stereocenters. The van der Waals surface area contributed by atoms with Crippen molar-refractivity contribution in [3.05, 3.63) is 77.1 Å². The molecule has 0 saturated heterocycles. The van der Waals surface area contributed by atoms with E-state index in [2.05, 4.69) is 14.7 Å². The first-order valence-electron chi connectivity index (χ1n) is 14.9. The highest BCUT2D eigenvalue weighted by molar-refractivity contribution is 7.90. The number of rotatable bonds is 8. The van der Waals surface area contributed by atoms with Gasteiger partial charge in [-0.2, -0.15) is 22.0 Å². The van der Waals surface area contributed by atoms with Crippen molar-refractivity contribution < 1.29 is 45.5 Å². The molecule has 0 radical (unpaired) electrons. The van der Waals surface area contributed by atoms with Gasteiger partial charge < -0.3 is 24.7 Å². The van der Waals surface area contributed by atoms with Gasteiger partial charge in [0.1, 0.15) is 33.4 Å². The number of aliphatic hydroxyl groups is 1. The molecule has 6 rings (SSSR count). The molecule has 2 aliphatic rings. The van der Waals surface area contributed by atoms with Crippen LogP contribution in [0.2, 0.25) is 0 Å². The van der Waals surface area contributed by atoms with Crippen LogP contribution >= 0.6 is 0 Å². The summed E-state index contributed by atoms with van der Waals surface area (Å²) in [4.78, 5) is 21.2. The number of benzene rings is 2. The Morgan fingerprint density at radius 1 is 1.17 bits per heavy atom. The number of imidazole rings is 1. The summed E-state index contributed by atoms with van der Waals surface area (Å²) in [6.45, 7) is 1.63. The van der Waals surface area contributed by atoms with Crippen molar-refractivity contribution in [3.63, 3.8) is 0 Å². The molecule has 1 unspecified atom stereocenters. The van der Waals surface area contributed by atoms with Crippen LogP contribution in [0.25, 0.3) is 22.2 Å². The van der Waals surface area contributed by atoms with Crippen LogP contribution in [0.15, 0.2) is 48.7 Å². The minimum atomic E-state index is -5.00. The molecule has 3 heterocycles. The van der Waals surface area contributed by atoms with Crippen LogP contribution in [0.3, 0.4) is 0 Å². The van der Waals surface area contributed by atoms with E-state index in [0.717, 1.165) is 6.07 Å². The summed E-state index contributed by atoms with van der Waals surface area (Å²) >= 11 is -1.93. The minimum Gasteiger partial charge on any atom is -0.598 e. The maximum Gasteiger partial charge on any atom is 0.417 e. The van der Waals surface area contributed by atoms with Gasteiger partial charge in [0.05, 0.1) is 17.1 Å². The van der Waals surface area contributed by atoms with Crippen LogP contribution < -0.4 is 15.2 Å². The van der Waals surface area contributed by atoms with Crippen molar-refractivity contribution in [2.24, 2.45) is 5.73 Å². The lowest BCUT2D eigenvalue weighted by Crippen LogP contribution is -2.69. The lowest BCUT2D eigenvalue weighted by Gasteiger charge is -2.53. The molecule has 2 aromatic heterocycles. The first-order valence-corrected chi connectivity index (χ1v) is 16.0. The first kappa shape index (κ1) is 34.0. The molecule has 48 heavy (non-hydrogen) atoms. The number of nitrogens with zero attached hydrogens (tertiary/aromatic N) is 3. The fourth-order valence-electron chi connectivity index (χ4n) is 6.53. The number of fused-ring (bicyclic) bond motifs is 3. The molecular weight excluding hydrogens is 664 g/mol. The Hall–Kier alpha value is -3.86. The molecule has 0 bridgehead atoms. The molecule has 9 nitrogen and oxygen atoms in total. The third-order valence-corrected chi connectivity index (χ3v) is 10.5. The number of aromatic nitrogens is 3. The van der Waals surface area contributed by atoms with Crippen LogP contribution in [0, 0.1) is 5.82 Å². The van der Waals surface area contributed by atoms with Crippen molar-refractivity contribution >= 4 is 28.3 Å². The number of nitrogens with one attached hydrogen (secondary N) is 1. The van der Waals surface area contributed by atoms with Crippen molar-refractivity contribution in [3.8, 4) is 16.9 Å². The SMILES string of the molecule is CC(C)(C)[S+]([O-])NC1(c2ncc(-c3ccc4nc5n(c4c3)[C@@H](c3c(OC(F)F)cccc3C(N)=O)CC5)cc2F)CC(O)(C(F)(F)F)C1. The number of carbonyl (C=O) groups is 1. The molecular formula is C32H31F6N5O4S. The smallest absolute Gasteiger partial charge is 0.417 e. The van der Waals surface area contributed by atoms with E-state index in [4.69, 9.17) is 10.5 Å². The van der Waals surface area contributed by atoms with Gasteiger partial charge in [-0.3, -0.25) is 9.78 Å². The number of halogens is 6. The van der Waals surface area contributed by atoms with E-state index in [1.165, 1.54) is 24.4 Å². The van der Waals surface area contributed by atoms with Crippen LogP contribution in [-0.2, 0) is 23.3 Å². The number of pyridine rings is 1. The molecule has 1 fully saturated rings. The standard InChI is InChI=1S/C32H31F6N5O4S/c1-29(2,3)48(46)42-30(14-31(45,15-30)32(36,37)38)26-19(33)11-17(13-40-26)16-7-8-20-22(12-16)43-21(9-10-24(43)41-20)25-18(27(39)44)5-4-6-23(25)47-28(34)35/h4-8,11-13,21,28,42,45H,9-10,14-15H2,1-3H3,(H2,39,44)/t21-,30?,31?,48?/m1/s1. The van der Waals surface area contributed by atoms with Crippen molar-refractivity contribution in [1.82, 2.24) is 19.3 Å². The topological polar surface area (TPSA) is 138 Å². The van der Waals surface area contributed by atoms with E-state index in [1.54, 1.807) is 43.5 Å². The zero-order valence-electron chi connectivity index (χ0n) is 25.9. The van der Waals surface area contributed by atoms with E-state index in [0.29, 0.717) is 35.3 Å². The summed E-state index contributed by atoms with van der Waals surface area (Å²) < 4.78 is 105. The first-order chi connectivity index (χ1) is 22.3. The maximum absolute atomic E-state index is 15.9. The number of hydrogen-bond donors (Lipinski definition) is 3. The second kappa shape index (κ2) is 11.6. The van der Waals surface area contributed by atoms with E-state index in [1.807, 2.05) is 0 Å². The van der Waals surface area contributed by atoms with Gasteiger partial charge in [-0.25, -0.2) is 9.37 Å². The molecule has 1 saturated carbocycles. The van der Waals surface area contributed by atoms with E-state index in [9.17, 15) is 36.4 Å². The van der Waals surface area contributed by atoms with Gasteiger partial charge in [0.2, 0.25) is 5.91 Å². The zero-order chi connectivity index (χ0) is 35.0. The number of aryl methyl sites for hydroxylation is 1. The minimum absolute atomic E-state index is 0.00853. The second-order valence-electron chi connectivity index (χ2n) is 13.1. The Kier molecular flexibility index (Phi) is 8.25. The van der Waals surface area contributed by atoms with Crippen LogP contribution in [0.5, 0.6) is 5.75 Å². The van der Waals surface area contributed by atoms with Gasteiger partial charge in [0.15, 0.2) is 5.60 Å². The number of carbonyl (C=O) groups excluding carboxylic acids is 1. The third-order valence-electron chi connectivity index (χ3n) is 8.78. The van der Waals surface area contributed by atoms with Gasteiger partial charge >= 0.3 is 12.8 Å². The Balaban J connectivity index is 1.40. The highest BCUT2D eigenvalue weighted by atomic mass is 32.2. The summed E-state index contributed by atoms with van der Waals surface area (Å²) in [6, 6.07) is 9.56. The second-order valence-corrected chi connectivity index (χ2v) is 15.1. The summed E-state index contributed by atoms with van der Waals surface area (Å²) in [6.07, 6.45) is -4.88. The Bertz CT molecular complexity index is 1900. The quantitative estimate of drug-likeness (QED) is 0.156. The highest BCUT2D eigenvalue weighted by Crippen LogP contribution is 2.56. The summed E-state index contributed by atoms with van der Waals surface area (Å²) in [5, 5.41) is 10.3. The lowest BCUT2D eigenvalue weighted by atomic mass is 9.63. The van der Waals surface area contributed by atoms with Crippen LogP contribution in [0.1, 0.15) is 73.5 Å². The fourth-order valence-corrected chi connectivity index (χ4v) is 7.43. The van der Waals surface area contributed by atoms with E-state index < -0.39 is 76.3 Å². The molecule has 1 aliphatic heterocycles. The zero-order valence-corrected chi connectivity index (χ0v) is 26.7. The summed E-state index contributed by atoms with van der Waals surface area (Å²) in [5.41, 5.74) is 2.15. The molecule has 1 aliphatic carbocycles. The van der Waals surface area contributed by atoms with Gasteiger partial charge in [0, 0.05) is 53.5 Å². The average molecular weight is 696 g/mol. The molecule has 16 heteroatoms. The normalized spacial score (nSPS) is 23.3. The largest absolute Gasteiger partial charge is 0.598 e. The number of primary amides is 1. The molecule has 1 amide bonds. The van der Waals surface area contributed by atoms with Crippen molar-refractivity contribution in [2.75, 3.05) is 0 Å². The molecule has 4 N–H and O–H groups in total. The van der Waals surface area contributed by atoms with Crippen LogP contribution in [0.4, 0.5) is 26.3 Å². The molecule has 2 aromatic carbocycles. The fraction of sp³-hybridized carbons (Fsp3) is 0.406. The monoisotopic (exact) mass is 695 g/mol. The van der Waals surface area contributed by atoms with Crippen molar-refractivity contribution in [1.29, 1.82) is 0 Å². The number of nitrogens with two attached hydrogens (primary N) is 1. The predicted octanol–water partition coefficient (Wildman–Crippen LogP) is 5.81. The highest BCUT2D eigenvalue weighted by Gasteiger charge is 2.70. The number of alkyl halides is 5. The van der Waals surface area contributed by atoms with Crippen LogP contribution in [-0.4, -0.2) is 53.2 Å². The summed E-state index contributed by atoms with van der Waals surface area (Å²) in [7, 11) is 0. The van der Waals surface area contributed by atoms with Crippen molar-refractivity contribution in [2.45, 2.75) is 81.2 Å². The Morgan fingerprint density at radius 3 is 2.48 bits per heavy atom. The Labute approximate surface area is 273 Å². The molecule has 4 aromatic rings. The maximum atomic E-state index is 15.9. The molecule has 256 valence electrons. The van der Waals surface area contributed by atoms with E-state index in [-0.39, 0.29) is 22.4 Å². The van der Waals surface area contributed by atoms with Gasteiger partial charge in [-0.1, -0.05) is 12.1 Å². The van der Waals surface area contributed by atoms with Gasteiger partial charge in [-0.15, -0.1) is 4.72 Å². The third kappa shape index (κ3) is 5.77. The number of hydrogen-bond acceptors (Lipinski definition) is 7. The summed E-state index contributed by atoms with van der Waals surface area (Å²) in [5.74, 6) is -1.40. The van der Waals surface area contributed by atoms with E-state index >= 15 is 4.39 Å². The molecule has 0 spiro atoms. The van der Waals surface area contributed by atoms with Gasteiger partial charge in [-0.05, 0) is 63.1 Å². The average Bonchev–Trinajstić information content (AvgIpc) is 3.53. The number of ether oxygens (including phenoxy) is 1. The predicted molar refractivity (Wildman–Crippen MR) is 164 cm³/mol. The number of amides is 1. The Morgan fingerprint density at radius 2 is 1.88 bits per heavy atom. The van der Waals surface area contributed by atoms with Gasteiger partial charge in [0.25, 0.3) is 0 Å².